The van der Waals surface area contributed by atoms with Gasteiger partial charge in [-0.15, -0.1) is 0 Å². The highest BCUT2D eigenvalue weighted by Crippen LogP contribution is 2.46. The molecule has 0 bridgehead atoms. The minimum atomic E-state index is 0.435. The van der Waals surface area contributed by atoms with E-state index in [0.717, 1.165) is 17.8 Å². The molecule has 0 amide bonds. The molecule has 0 aromatic carbocycles. The van der Waals surface area contributed by atoms with Gasteiger partial charge in [0.05, 0.1) is 0 Å². The molecule has 0 N–H and O–H groups in total. The molecule has 3 atom stereocenters. The maximum absolute atomic E-state index is 2.46. The Bertz CT molecular complexity index is 300. The van der Waals surface area contributed by atoms with Gasteiger partial charge >= 0.3 is 0 Å². The molecule has 0 saturated carbocycles. The first-order valence-electron chi connectivity index (χ1n) is 7.74. The molecule has 0 aromatic rings. The molecule has 0 aromatic heterocycles. The molecular weight excluding hydrogens is 216 g/mol. The van der Waals surface area contributed by atoms with E-state index in [4.69, 9.17) is 0 Å². The van der Waals surface area contributed by atoms with Crippen LogP contribution in [0.3, 0.4) is 0 Å². The fourth-order valence-corrected chi connectivity index (χ4v) is 3.25. The molecule has 1 aliphatic carbocycles. The second-order valence-corrected chi connectivity index (χ2v) is 8.25. The van der Waals surface area contributed by atoms with Gasteiger partial charge in [0.15, 0.2) is 0 Å². The summed E-state index contributed by atoms with van der Waals surface area (Å²) < 4.78 is 0. The Labute approximate surface area is 115 Å². The van der Waals surface area contributed by atoms with Crippen molar-refractivity contribution >= 4 is 0 Å². The van der Waals surface area contributed by atoms with Crippen LogP contribution in [0.2, 0.25) is 0 Å². The largest absolute Gasteiger partial charge is 0.0848 e. The summed E-state index contributed by atoms with van der Waals surface area (Å²) in [5.41, 5.74) is 2.48. The van der Waals surface area contributed by atoms with Crippen molar-refractivity contribution in [1.82, 2.24) is 0 Å². The standard InChI is InChI=1S/C18H34/c1-13(15(3)17(4,5)6)9-11-16-12-10-14(2)18(16,7)8/h10,13,15-16H,9,11-12H2,1-8H3. The zero-order chi connectivity index (χ0) is 14.1. The summed E-state index contributed by atoms with van der Waals surface area (Å²) in [4.78, 5) is 0. The maximum atomic E-state index is 2.46. The van der Waals surface area contributed by atoms with E-state index in [1.165, 1.54) is 19.3 Å². The van der Waals surface area contributed by atoms with Gasteiger partial charge < -0.3 is 0 Å². The average molecular weight is 250 g/mol. The van der Waals surface area contributed by atoms with Gasteiger partial charge in [0.1, 0.15) is 0 Å². The number of hydrogen-bond donors (Lipinski definition) is 0. The molecule has 0 heteroatoms. The van der Waals surface area contributed by atoms with Crippen LogP contribution < -0.4 is 0 Å². The monoisotopic (exact) mass is 250 g/mol. The van der Waals surface area contributed by atoms with Crippen molar-refractivity contribution in [2.75, 3.05) is 0 Å². The lowest BCUT2D eigenvalue weighted by atomic mass is 9.70. The van der Waals surface area contributed by atoms with Crippen molar-refractivity contribution in [3.63, 3.8) is 0 Å². The minimum Gasteiger partial charge on any atom is -0.0848 e. The molecule has 1 aliphatic rings. The minimum absolute atomic E-state index is 0.435. The zero-order valence-electron chi connectivity index (χ0n) is 13.9. The smallest absolute Gasteiger partial charge is 0.0116 e. The zero-order valence-corrected chi connectivity index (χ0v) is 13.9. The van der Waals surface area contributed by atoms with Crippen molar-refractivity contribution in [2.24, 2.45) is 28.6 Å². The first kappa shape index (κ1) is 15.8. The van der Waals surface area contributed by atoms with Crippen molar-refractivity contribution in [2.45, 2.75) is 74.7 Å². The van der Waals surface area contributed by atoms with Crippen molar-refractivity contribution < 1.29 is 0 Å². The lowest BCUT2D eigenvalue weighted by Crippen LogP contribution is -2.26. The van der Waals surface area contributed by atoms with Crippen LogP contribution in [0.25, 0.3) is 0 Å². The van der Waals surface area contributed by atoms with Gasteiger partial charge in [0.2, 0.25) is 0 Å². The Balaban J connectivity index is 2.48. The summed E-state index contributed by atoms with van der Waals surface area (Å²) in [7, 11) is 0. The fraction of sp³-hybridized carbons (Fsp3) is 0.889. The Morgan fingerprint density at radius 3 is 2.22 bits per heavy atom. The highest BCUT2D eigenvalue weighted by Gasteiger charge is 2.35. The van der Waals surface area contributed by atoms with Crippen molar-refractivity contribution in [1.29, 1.82) is 0 Å². The van der Waals surface area contributed by atoms with E-state index in [0.29, 0.717) is 10.8 Å². The van der Waals surface area contributed by atoms with Crippen LogP contribution in [-0.2, 0) is 0 Å². The number of allylic oxidation sites excluding steroid dienone is 2. The Kier molecular flexibility index (Phi) is 4.73. The third kappa shape index (κ3) is 3.39. The molecule has 3 unspecified atom stereocenters. The first-order valence-corrected chi connectivity index (χ1v) is 7.74. The molecule has 0 fully saturated rings. The number of rotatable bonds is 4. The van der Waals surface area contributed by atoms with E-state index >= 15 is 0 Å². The Morgan fingerprint density at radius 1 is 1.28 bits per heavy atom. The van der Waals surface area contributed by atoms with E-state index in [2.05, 4.69) is 61.5 Å². The van der Waals surface area contributed by atoms with Crippen LogP contribution >= 0.6 is 0 Å². The molecule has 0 radical (unpaired) electrons. The summed E-state index contributed by atoms with van der Waals surface area (Å²) in [6.07, 6.45) is 6.54. The molecule has 0 heterocycles. The van der Waals surface area contributed by atoms with E-state index in [1.807, 2.05) is 0 Å². The molecule has 18 heavy (non-hydrogen) atoms. The van der Waals surface area contributed by atoms with Gasteiger partial charge in [-0.1, -0.05) is 66.5 Å². The predicted octanol–water partition coefficient (Wildman–Crippen LogP) is 6.08. The van der Waals surface area contributed by atoms with Crippen LogP contribution in [0.4, 0.5) is 0 Å². The topological polar surface area (TPSA) is 0 Å². The average Bonchev–Trinajstić information content (AvgIpc) is 2.49. The molecule has 0 nitrogen and oxygen atoms in total. The first-order chi connectivity index (χ1) is 8.06. The summed E-state index contributed by atoms with van der Waals surface area (Å²) in [5, 5.41) is 0. The molecule has 0 spiro atoms. The van der Waals surface area contributed by atoms with Gasteiger partial charge in [0.25, 0.3) is 0 Å². The van der Waals surface area contributed by atoms with Crippen LogP contribution in [0, 0.1) is 28.6 Å². The Hall–Kier alpha value is -0.260. The van der Waals surface area contributed by atoms with Gasteiger partial charge in [-0.2, -0.15) is 0 Å². The summed E-state index contributed by atoms with van der Waals surface area (Å²) in [5.74, 6) is 2.50. The van der Waals surface area contributed by atoms with Crippen molar-refractivity contribution in [3.05, 3.63) is 11.6 Å². The van der Waals surface area contributed by atoms with Gasteiger partial charge in [-0.3, -0.25) is 0 Å². The molecule has 0 saturated heterocycles. The predicted molar refractivity (Wildman–Crippen MR) is 82.7 cm³/mol. The van der Waals surface area contributed by atoms with Crippen LogP contribution in [0.1, 0.15) is 74.7 Å². The fourth-order valence-electron chi connectivity index (χ4n) is 3.25. The van der Waals surface area contributed by atoms with Crippen molar-refractivity contribution in [3.8, 4) is 0 Å². The SMILES string of the molecule is CC1=CCC(CCC(C)C(C)C(C)(C)C)C1(C)C. The van der Waals surface area contributed by atoms with E-state index < -0.39 is 0 Å². The van der Waals surface area contributed by atoms with E-state index in [1.54, 1.807) is 5.57 Å². The highest BCUT2D eigenvalue weighted by molar-refractivity contribution is 5.18. The second kappa shape index (κ2) is 5.39. The normalized spacial score (nSPS) is 26.9. The quantitative estimate of drug-likeness (QED) is 0.531. The number of hydrogen-bond acceptors (Lipinski definition) is 0. The lowest BCUT2D eigenvalue weighted by molar-refractivity contribution is 0.162. The molecule has 106 valence electrons. The molecular formula is C18H34. The van der Waals surface area contributed by atoms with Crippen LogP contribution in [0.15, 0.2) is 11.6 Å². The third-order valence-electron chi connectivity index (χ3n) is 5.94. The van der Waals surface area contributed by atoms with E-state index in [9.17, 15) is 0 Å². The molecule has 0 aliphatic heterocycles. The highest BCUT2D eigenvalue weighted by atomic mass is 14.4. The second-order valence-electron chi connectivity index (χ2n) is 8.25. The maximum Gasteiger partial charge on any atom is -0.0116 e. The lowest BCUT2D eigenvalue weighted by Gasteiger charge is -2.35. The molecule has 1 rings (SSSR count). The van der Waals surface area contributed by atoms with Gasteiger partial charge in [0, 0.05) is 0 Å². The third-order valence-corrected chi connectivity index (χ3v) is 5.94. The van der Waals surface area contributed by atoms with Gasteiger partial charge in [-0.25, -0.2) is 0 Å². The summed E-state index contributed by atoms with van der Waals surface area (Å²) >= 11 is 0. The van der Waals surface area contributed by atoms with E-state index in [-0.39, 0.29) is 0 Å². The summed E-state index contributed by atoms with van der Waals surface area (Å²) in [6, 6.07) is 0. The van der Waals surface area contributed by atoms with Crippen LogP contribution in [-0.4, -0.2) is 0 Å². The van der Waals surface area contributed by atoms with Gasteiger partial charge in [-0.05, 0) is 48.3 Å². The summed E-state index contributed by atoms with van der Waals surface area (Å²) in [6.45, 7) is 19.1. The Morgan fingerprint density at radius 2 is 1.83 bits per heavy atom. The van der Waals surface area contributed by atoms with Crippen LogP contribution in [0.5, 0.6) is 0 Å².